The monoisotopic (exact) mass is 288 g/mol. The highest BCUT2D eigenvalue weighted by atomic mass is 16.4. The molecule has 0 spiro atoms. The number of carbonyl (C=O) groups is 1. The minimum absolute atomic E-state index is 0.0175. The van der Waals surface area contributed by atoms with Crippen LogP contribution in [0, 0.1) is 0 Å². The van der Waals surface area contributed by atoms with E-state index in [1.165, 1.54) is 12.0 Å². The molecule has 0 saturated carbocycles. The maximum Gasteiger partial charge on any atom is 0.372 e. The zero-order valence-corrected chi connectivity index (χ0v) is 12.1. The Morgan fingerprint density at radius 1 is 1.29 bits per heavy atom. The van der Waals surface area contributed by atoms with Crippen LogP contribution in [0.1, 0.15) is 22.5 Å². The number of carboxylic acid groups (broad SMARTS) is 1. The van der Waals surface area contributed by atoms with E-state index in [-0.39, 0.29) is 5.76 Å². The van der Waals surface area contributed by atoms with Gasteiger partial charge >= 0.3 is 5.97 Å². The predicted molar refractivity (Wildman–Crippen MR) is 81.7 cm³/mol. The number of benzene rings is 1. The number of furan rings is 1. The molecule has 1 aromatic carbocycles. The molecule has 1 heterocycles. The zero-order valence-electron chi connectivity index (χ0n) is 12.1. The Labute approximate surface area is 124 Å². The Kier molecular flexibility index (Phi) is 5.40. The average molecular weight is 288 g/mol. The van der Waals surface area contributed by atoms with Crippen LogP contribution in [0.15, 0.2) is 47.1 Å². The molecule has 0 radical (unpaired) electrons. The van der Waals surface area contributed by atoms with Crippen molar-refractivity contribution in [2.24, 2.45) is 0 Å². The quantitative estimate of drug-likeness (QED) is 0.731. The highest BCUT2D eigenvalue weighted by molar-refractivity contribution is 5.86. The molecule has 0 unspecified atom stereocenters. The highest BCUT2D eigenvalue weighted by Gasteiger charge is 2.12. The summed E-state index contributed by atoms with van der Waals surface area (Å²) in [5.74, 6) is -1.01. The lowest BCUT2D eigenvalue weighted by molar-refractivity contribution is 0.0660. The van der Waals surface area contributed by atoms with Gasteiger partial charge in [0.05, 0.1) is 6.26 Å². The van der Waals surface area contributed by atoms with Crippen LogP contribution in [0.3, 0.4) is 0 Å². The van der Waals surface area contributed by atoms with E-state index in [2.05, 4.69) is 29.4 Å². The number of hydrogen-bond donors (Lipinski definition) is 2. The lowest BCUT2D eigenvalue weighted by atomic mass is 10.2. The van der Waals surface area contributed by atoms with Crippen molar-refractivity contribution >= 4 is 11.7 Å². The predicted octanol–water partition coefficient (Wildman–Crippen LogP) is 2.59. The molecule has 0 aliphatic rings. The van der Waals surface area contributed by atoms with Crippen LogP contribution in [-0.2, 0) is 6.54 Å². The van der Waals surface area contributed by atoms with Crippen LogP contribution in [-0.4, -0.2) is 31.2 Å². The van der Waals surface area contributed by atoms with Crippen molar-refractivity contribution in [1.82, 2.24) is 5.32 Å². The molecule has 5 nitrogen and oxygen atoms in total. The van der Waals surface area contributed by atoms with E-state index in [9.17, 15) is 4.79 Å². The number of anilines is 1. The van der Waals surface area contributed by atoms with Gasteiger partial charge in [0.2, 0.25) is 5.76 Å². The minimum Gasteiger partial charge on any atom is -0.475 e. The summed E-state index contributed by atoms with van der Waals surface area (Å²) in [7, 11) is 2.06. The van der Waals surface area contributed by atoms with Crippen LogP contribution in [0.25, 0.3) is 0 Å². The van der Waals surface area contributed by atoms with Crippen LogP contribution in [0.4, 0.5) is 5.69 Å². The fourth-order valence-corrected chi connectivity index (χ4v) is 2.14. The standard InChI is InChI=1S/C16H20N2O3/c1-18(14-6-3-2-4-7-14)10-5-9-17-12-13-8-11-21-15(13)16(19)20/h2-4,6-8,11,17H,5,9-10,12H2,1H3,(H,19,20). The highest BCUT2D eigenvalue weighted by Crippen LogP contribution is 2.11. The van der Waals surface area contributed by atoms with Crippen LogP contribution < -0.4 is 10.2 Å². The van der Waals surface area contributed by atoms with Crippen molar-refractivity contribution in [3.8, 4) is 0 Å². The van der Waals surface area contributed by atoms with Crippen molar-refractivity contribution < 1.29 is 14.3 Å². The number of carboxylic acids is 1. The lowest BCUT2D eigenvalue weighted by Gasteiger charge is -2.19. The number of nitrogens with one attached hydrogen (secondary N) is 1. The van der Waals surface area contributed by atoms with Crippen LogP contribution in [0.2, 0.25) is 0 Å². The molecule has 0 amide bonds. The fourth-order valence-electron chi connectivity index (χ4n) is 2.14. The molecule has 0 bridgehead atoms. The Bertz CT molecular complexity index is 566. The second-order valence-electron chi connectivity index (χ2n) is 4.87. The van der Waals surface area contributed by atoms with Gasteiger partial charge in [0.15, 0.2) is 0 Å². The second-order valence-corrected chi connectivity index (χ2v) is 4.87. The average Bonchev–Trinajstić information content (AvgIpc) is 2.96. The fraction of sp³-hybridized carbons (Fsp3) is 0.312. The Hall–Kier alpha value is -2.27. The molecule has 21 heavy (non-hydrogen) atoms. The molecule has 0 aliphatic heterocycles. The molecule has 2 aromatic rings. The van der Waals surface area contributed by atoms with E-state index in [1.54, 1.807) is 6.07 Å². The SMILES string of the molecule is CN(CCCNCc1ccoc1C(=O)O)c1ccccc1. The Morgan fingerprint density at radius 2 is 2.05 bits per heavy atom. The smallest absolute Gasteiger partial charge is 0.372 e. The van der Waals surface area contributed by atoms with E-state index in [0.717, 1.165) is 19.5 Å². The molecule has 1 aromatic heterocycles. The van der Waals surface area contributed by atoms with Crippen molar-refractivity contribution in [2.75, 3.05) is 25.0 Å². The summed E-state index contributed by atoms with van der Waals surface area (Å²) >= 11 is 0. The zero-order chi connectivity index (χ0) is 15.1. The van der Waals surface area contributed by atoms with Gasteiger partial charge in [-0.15, -0.1) is 0 Å². The van der Waals surface area contributed by atoms with Crippen molar-refractivity contribution in [3.63, 3.8) is 0 Å². The van der Waals surface area contributed by atoms with Crippen LogP contribution >= 0.6 is 0 Å². The summed E-state index contributed by atoms with van der Waals surface area (Å²) in [6.45, 7) is 2.27. The largest absolute Gasteiger partial charge is 0.475 e. The van der Waals surface area contributed by atoms with Crippen molar-refractivity contribution in [3.05, 3.63) is 54.0 Å². The number of rotatable bonds is 8. The van der Waals surface area contributed by atoms with Crippen LogP contribution in [0.5, 0.6) is 0 Å². The summed E-state index contributed by atoms with van der Waals surface area (Å²) in [5, 5.41) is 12.2. The summed E-state index contributed by atoms with van der Waals surface area (Å²) < 4.78 is 4.93. The first-order valence-corrected chi connectivity index (χ1v) is 6.95. The Morgan fingerprint density at radius 3 is 2.76 bits per heavy atom. The lowest BCUT2D eigenvalue weighted by Crippen LogP contribution is -2.23. The molecular weight excluding hydrogens is 268 g/mol. The van der Waals surface area contributed by atoms with E-state index >= 15 is 0 Å². The van der Waals surface area contributed by atoms with Gasteiger partial charge in [0.25, 0.3) is 0 Å². The summed E-state index contributed by atoms with van der Waals surface area (Å²) in [6.07, 6.45) is 2.38. The van der Waals surface area contributed by atoms with Gasteiger partial charge in [-0.1, -0.05) is 18.2 Å². The second kappa shape index (κ2) is 7.50. The van der Waals surface area contributed by atoms with Gasteiger partial charge in [-0.2, -0.15) is 0 Å². The van der Waals surface area contributed by atoms with Gasteiger partial charge < -0.3 is 19.7 Å². The maximum atomic E-state index is 10.9. The third kappa shape index (κ3) is 4.36. The van der Waals surface area contributed by atoms with Gasteiger partial charge in [-0.3, -0.25) is 0 Å². The summed E-state index contributed by atoms with van der Waals surface area (Å²) in [5.41, 5.74) is 1.87. The van der Waals surface area contributed by atoms with Gasteiger partial charge in [-0.25, -0.2) is 4.79 Å². The molecule has 2 N–H and O–H groups in total. The van der Waals surface area contributed by atoms with E-state index in [0.29, 0.717) is 12.1 Å². The molecule has 112 valence electrons. The topological polar surface area (TPSA) is 65.7 Å². The number of nitrogens with zero attached hydrogens (tertiary/aromatic N) is 1. The van der Waals surface area contributed by atoms with Crippen molar-refractivity contribution in [1.29, 1.82) is 0 Å². The van der Waals surface area contributed by atoms with E-state index < -0.39 is 5.97 Å². The molecule has 2 rings (SSSR count). The normalized spacial score (nSPS) is 10.5. The van der Waals surface area contributed by atoms with Gasteiger partial charge in [0, 0.05) is 31.4 Å². The molecule has 0 fully saturated rings. The molecule has 0 aliphatic carbocycles. The number of para-hydroxylation sites is 1. The first-order chi connectivity index (χ1) is 10.2. The van der Waals surface area contributed by atoms with Crippen molar-refractivity contribution in [2.45, 2.75) is 13.0 Å². The molecule has 0 saturated heterocycles. The third-order valence-corrected chi connectivity index (χ3v) is 3.30. The minimum atomic E-state index is -1.03. The molecular formula is C16H20N2O3. The maximum absolute atomic E-state index is 10.9. The number of aromatic carboxylic acids is 1. The van der Waals surface area contributed by atoms with Gasteiger partial charge in [-0.05, 0) is 31.2 Å². The third-order valence-electron chi connectivity index (χ3n) is 3.30. The van der Waals surface area contributed by atoms with E-state index in [4.69, 9.17) is 9.52 Å². The first-order valence-electron chi connectivity index (χ1n) is 6.95. The van der Waals surface area contributed by atoms with Gasteiger partial charge in [0.1, 0.15) is 0 Å². The number of hydrogen-bond acceptors (Lipinski definition) is 4. The molecule has 0 atom stereocenters. The van der Waals surface area contributed by atoms with E-state index in [1.807, 2.05) is 18.2 Å². The molecule has 5 heteroatoms. The summed E-state index contributed by atoms with van der Waals surface area (Å²) in [4.78, 5) is 13.1. The Balaban J connectivity index is 1.68. The summed E-state index contributed by atoms with van der Waals surface area (Å²) in [6, 6.07) is 11.9. The first kappa shape index (κ1) is 15.1.